The second kappa shape index (κ2) is 10.2. The number of fused-ring (bicyclic) bond motifs is 11. The number of benzene rings is 8. The third-order valence-electron chi connectivity index (χ3n) is 10.6. The zero-order valence-electron chi connectivity index (χ0n) is 26.0. The van der Waals surface area contributed by atoms with Gasteiger partial charge in [-0.05, 0) is 107 Å². The van der Waals surface area contributed by atoms with Gasteiger partial charge in [0.2, 0.25) is 0 Å². The van der Waals surface area contributed by atoms with Crippen molar-refractivity contribution in [1.29, 1.82) is 0 Å². The molecule has 0 bridgehead atoms. The fraction of sp³-hybridized carbons (Fsp3) is 0.0435. The molecular weight excluding hydrogens is 617 g/mol. The van der Waals surface area contributed by atoms with E-state index < -0.39 is 0 Å². The van der Waals surface area contributed by atoms with Gasteiger partial charge in [0.05, 0.1) is 0 Å². The van der Waals surface area contributed by atoms with Gasteiger partial charge in [-0.3, -0.25) is 0 Å². The maximum absolute atomic E-state index is 2.47. The van der Waals surface area contributed by atoms with Crippen LogP contribution in [0.2, 0.25) is 0 Å². The molecule has 0 saturated heterocycles. The first kappa shape index (κ1) is 26.9. The fourth-order valence-electron chi connectivity index (χ4n) is 8.41. The molecule has 2 aliphatic rings. The quantitative estimate of drug-likeness (QED) is 0.169. The Morgan fingerprint density at radius 2 is 1.12 bits per heavy atom. The van der Waals surface area contributed by atoms with Gasteiger partial charge in [0.1, 0.15) is 0 Å². The largest absolute Gasteiger partial charge is 0.135 e. The molecule has 9 aromatic rings. The first-order chi connectivity index (χ1) is 23.8. The van der Waals surface area contributed by atoms with Gasteiger partial charge in [-0.2, -0.15) is 0 Å². The van der Waals surface area contributed by atoms with E-state index in [2.05, 4.69) is 152 Å². The van der Waals surface area contributed by atoms with Crippen molar-refractivity contribution in [2.45, 2.75) is 17.2 Å². The van der Waals surface area contributed by atoms with Crippen molar-refractivity contribution in [2.24, 2.45) is 0 Å². The second-order valence-corrected chi connectivity index (χ2v) is 15.3. The van der Waals surface area contributed by atoms with Crippen molar-refractivity contribution in [3.63, 3.8) is 0 Å². The first-order valence-electron chi connectivity index (χ1n) is 16.7. The molecule has 2 heterocycles. The summed E-state index contributed by atoms with van der Waals surface area (Å²) in [6.07, 6.45) is 5.84. The van der Waals surface area contributed by atoms with E-state index in [4.69, 9.17) is 0 Å². The fourth-order valence-corrected chi connectivity index (χ4v) is 10.9. The van der Waals surface area contributed by atoms with Crippen molar-refractivity contribution in [2.75, 3.05) is 0 Å². The Morgan fingerprint density at radius 3 is 1.92 bits per heavy atom. The Balaban J connectivity index is 1.08. The predicted octanol–water partition coefficient (Wildman–Crippen LogP) is 13.9. The highest BCUT2D eigenvalue weighted by atomic mass is 32.2. The van der Waals surface area contributed by atoms with Crippen LogP contribution in [0.3, 0.4) is 0 Å². The number of thiophene rings is 1. The van der Waals surface area contributed by atoms with Crippen LogP contribution in [0.5, 0.6) is 0 Å². The molecule has 224 valence electrons. The molecule has 8 aromatic carbocycles. The minimum absolute atomic E-state index is 0.377. The van der Waals surface area contributed by atoms with Crippen LogP contribution in [0.25, 0.3) is 80.0 Å². The lowest BCUT2D eigenvalue weighted by molar-refractivity contribution is 0.855. The van der Waals surface area contributed by atoms with E-state index in [1.54, 1.807) is 0 Å². The molecule has 1 unspecified atom stereocenters. The molecule has 0 amide bonds. The molecule has 2 heteroatoms. The third kappa shape index (κ3) is 3.85. The van der Waals surface area contributed by atoms with Crippen molar-refractivity contribution >= 4 is 91.9 Å². The minimum atomic E-state index is 0.377. The molecule has 1 aromatic heterocycles. The zero-order chi connectivity index (χ0) is 31.3. The summed E-state index contributed by atoms with van der Waals surface area (Å²) < 4.78 is 2.74. The Labute approximate surface area is 286 Å². The van der Waals surface area contributed by atoms with E-state index in [-0.39, 0.29) is 0 Å². The predicted molar refractivity (Wildman–Crippen MR) is 211 cm³/mol. The van der Waals surface area contributed by atoms with Gasteiger partial charge in [0.25, 0.3) is 0 Å². The van der Waals surface area contributed by atoms with Crippen LogP contribution < -0.4 is 0 Å². The van der Waals surface area contributed by atoms with Gasteiger partial charge in [-0.1, -0.05) is 139 Å². The summed E-state index contributed by atoms with van der Waals surface area (Å²) in [6, 6.07) is 52.2. The Morgan fingerprint density at radius 1 is 0.458 bits per heavy atom. The molecule has 0 nitrogen and oxygen atoms in total. The molecule has 11 rings (SSSR count). The molecule has 0 radical (unpaired) electrons. The van der Waals surface area contributed by atoms with Crippen LogP contribution in [-0.2, 0) is 0 Å². The molecular formula is C46H28S2. The summed E-state index contributed by atoms with van der Waals surface area (Å²) in [6.45, 7) is 0. The SMILES string of the molecule is C1=C(c2c3ccccc3c(-c3ccc4ccccc4c3)c3ccccc23)CC2C(=C1)Sc1c2ccc2cc3sc4ccccc4c3cc12. The summed E-state index contributed by atoms with van der Waals surface area (Å²) in [5.41, 5.74) is 6.88. The molecule has 0 spiro atoms. The number of thioether (sulfide) groups is 1. The normalized spacial score (nSPS) is 15.8. The van der Waals surface area contributed by atoms with E-state index in [0.29, 0.717) is 5.92 Å². The lowest BCUT2D eigenvalue weighted by Gasteiger charge is -2.24. The average Bonchev–Trinajstić information content (AvgIpc) is 3.70. The van der Waals surface area contributed by atoms with Gasteiger partial charge in [-0.15, -0.1) is 11.3 Å². The monoisotopic (exact) mass is 644 g/mol. The van der Waals surface area contributed by atoms with Gasteiger partial charge < -0.3 is 0 Å². The van der Waals surface area contributed by atoms with Crippen LogP contribution in [-0.4, -0.2) is 0 Å². The molecule has 0 fully saturated rings. The molecule has 0 saturated carbocycles. The van der Waals surface area contributed by atoms with Crippen molar-refractivity contribution in [1.82, 2.24) is 0 Å². The standard InChI is InChI=1S/C46H28S2/c1-2-10-28-23-30(18-17-27(28)9-1)44-33-12-3-5-14-35(33)45(36-15-6-4-13-34(36)44)31-20-22-42-39(24-31)37-21-19-29-25-43-40(26-38(29)46(37)48-42)32-11-7-8-16-41(32)47-43/h1-23,25-26,39H,24H2. The summed E-state index contributed by atoms with van der Waals surface area (Å²) in [5, 5.41) is 13.3. The number of hydrogen-bond donors (Lipinski definition) is 0. The molecule has 1 atom stereocenters. The van der Waals surface area contributed by atoms with Gasteiger partial charge in [0.15, 0.2) is 0 Å². The lowest BCUT2D eigenvalue weighted by Crippen LogP contribution is -2.03. The van der Waals surface area contributed by atoms with E-state index in [1.807, 2.05) is 23.1 Å². The average molecular weight is 645 g/mol. The highest BCUT2D eigenvalue weighted by Gasteiger charge is 2.33. The summed E-state index contributed by atoms with van der Waals surface area (Å²) >= 11 is 3.89. The minimum Gasteiger partial charge on any atom is -0.135 e. The van der Waals surface area contributed by atoms with Gasteiger partial charge in [-0.25, -0.2) is 0 Å². The highest BCUT2D eigenvalue weighted by Crippen LogP contribution is 2.57. The van der Waals surface area contributed by atoms with Crippen molar-refractivity contribution < 1.29 is 0 Å². The Hall–Kier alpha value is -5.15. The maximum Gasteiger partial charge on any atom is 0.0361 e. The third-order valence-corrected chi connectivity index (χ3v) is 13.1. The number of hydrogen-bond acceptors (Lipinski definition) is 2. The molecule has 1 aliphatic heterocycles. The number of rotatable bonds is 2. The van der Waals surface area contributed by atoms with E-state index in [0.717, 1.165) is 6.42 Å². The summed E-state index contributed by atoms with van der Waals surface area (Å²) in [5.74, 6) is 0.377. The Bertz CT molecular complexity index is 2840. The van der Waals surface area contributed by atoms with Crippen molar-refractivity contribution in [3.8, 4) is 11.1 Å². The van der Waals surface area contributed by atoms with Crippen molar-refractivity contribution in [3.05, 3.63) is 168 Å². The van der Waals surface area contributed by atoms with Crippen LogP contribution in [0, 0.1) is 0 Å². The first-order valence-corrected chi connectivity index (χ1v) is 18.3. The lowest BCUT2D eigenvalue weighted by atomic mass is 9.80. The topological polar surface area (TPSA) is 0 Å². The second-order valence-electron chi connectivity index (χ2n) is 13.2. The zero-order valence-corrected chi connectivity index (χ0v) is 27.7. The van der Waals surface area contributed by atoms with Crippen LogP contribution in [0.15, 0.2) is 161 Å². The Kier molecular flexibility index (Phi) is 5.70. The molecule has 1 aliphatic carbocycles. The van der Waals surface area contributed by atoms with E-state index in [1.165, 1.54) is 101 Å². The smallest absolute Gasteiger partial charge is 0.0361 e. The summed E-state index contributed by atoms with van der Waals surface area (Å²) in [4.78, 5) is 2.91. The maximum atomic E-state index is 2.47. The van der Waals surface area contributed by atoms with Crippen LogP contribution in [0.4, 0.5) is 0 Å². The van der Waals surface area contributed by atoms with Crippen LogP contribution in [0.1, 0.15) is 23.5 Å². The number of allylic oxidation sites excluding steroid dienone is 4. The van der Waals surface area contributed by atoms with Gasteiger partial charge >= 0.3 is 0 Å². The summed E-state index contributed by atoms with van der Waals surface area (Å²) in [7, 11) is 0. The van der Waals surface area contributed by atoms with E-state index >= 15 is 0 Å². The van der Waals surface area contributed by atoms with Crippen LogP contribution >= 0.6 is 23.1 Å². The van der Waals surface area contributed by atoms with Gasteiger partial charge in [0, 0.05) is 31.0 Å². The molecule has 0 N–H and O–H groups in total. The highest BCUT2D eigenvalue weighted by molar-refractivity contribution is 8.03. The van der Waals surface area contributed by atoms with E-state index in [9.17, 15) is 0 Å². The molecule has 48 heavy (non-hydrogen) atoms.